The first kappa shape index (κ1) is 17.5. The molecule has 0 heterocycles. The molecule has 0 unspecified atom stereocenters. The fourth-order valence-electron chi connectivity index (χ4n) is 2.06. The van der Waals surface area contributed by atoms with Gasteiger partial charge in [-0.15, -0.1) is 0 Å². The second-order valence-corrected chi connectivity index (χ2v) is 4.78. The summed E-state index contributed by atoms with van der Waals surface area (Å²) in [6.45, 7) is -2.72. The van der Waals surface area contributed by atoms with E-state index in [-0.39, 0.29) is 24.0 Å². The molecule has 0 aliphatic heterocycles. The molecule has 0 bridgehead atoms. The number of carbonyl (C=O) groups is 1. The number of halogens is 2. The standard InChI is InChI=1S/C17H17F2NO4/c1-22-13-5-3-4-12(9-13)16(21)20-10-11-6-7-14(24-17(18)19)15(8-11)23-2/h3-9,17H,10H2,1-2H3,(H,20,21). The van der Waals surface area contributed by atoms with Crippen LogP contribution < -0.4 is 19.5 Å². The van der Waals surface area contributed by atoms with E-state index < -0.39 is 6.61 Å². The van der Waals surface area contributed by atoms with Gasteiger partial charge in [0.05, 0.1) is 14.2 Å². The summed E-state index contributed by atoms with van der Waals surface area (Å²) in [7, 11) is 2.87. The highest BCUT2D eigenvalue weighted by Gasteiger charge is 2.12. The van der Waals surface area contributed by atoms with Gasteiger partial charge in [-0.3, -0.25) is 4.79 Å². The Morgan fingerprint density at radius 2 is 1.88 bits per heavy atom. The molecule has 0 spiro atoms. The van der Waals surface area contributed by atoms with Crippen LogP contribution in [-0.2, 0) is 6.54 Å². The van der Waals surface area contributed by atoms with Crippen molar-refractivity contribution in [2.24, 2.45) is 0 Å². The Hall–Kier alpha value is -2.83. The molecule has 0 aliphatic rings. The van der Waals surface area contributed by atoms with Gasteiger partial charge in [0.25, 0.3) is 5.91 Å². The zero-order valence-electron chi connectivity index (χ0n) is 13.2. The van der Waals surface area contributed by atoms with E-state index >= 15 is 0 Å². The lowest BCUT2D eigenvalue weighted by Gasteiger charge is -2.12. The van der Waals surface area contributed by atoms with Gasteiger partial charge in [-0.05, 0) is 35.9 Å². The highest BCUT2D eigenvalue weighted by atomic mass is 19.3. The molecular formula is C17H17F2NO4. The van der Waals surface area contributed by atoms with Gasteiger partial charge in [-0.2, -0.15) is 8.78 Å². The van der Waals surface area contributed by atoms with Crippen molar-refractivity contribution in [2.45, 2.75) is 13.2 Å². The predicted molar refractivity (Wildman–Crippen MR) is 83.8 cm³/mol. The van der Waals surface area contributed by atoms with Crippen molar-refractivity contribution >= 4 is 5.91 Å². The minimum atomic E-state index is -2.93. The van der Waals surface area contributed by atoms with Gasteiger partial charge in [-0.1, -0.05) is 12.1 Å². The second kappa shape index (κ2) is 8.14. The summed E-state index contributed by atoms with van der Waals surface area (Å²) < 4.78 is 39.0. The molecule has 0 radical (unpaired) electrons. The molecule has 24 heavy (non-hydrogen) atoms. The van der Waals surface area contributed by atoms with Crippen LogP contribution in [0.25, 0.3) is 0 Å². The van der Waals surface area contributed by atoms with E-state index in [0.717, 1.165) is 0 Å². The minimum Gasteiger partial charge on any atom is -0.497 e. The molecule has 1 N–H and O–H groups in total. The number of nitrogens with one attached hydrogen (secondary N) is 1. The Labute approximate surface area is 138 Å². The third kappa shape index (κ3) is 4.58. The normalized spacial score (nSPS) is 10.4. The Morgan fingerprint density at radius 3 is 2.54 bits per heavy atom. The molecule has 7 heteroatoms. The number of amides is 1. The highest BCUT2D eigenvalue weighted by Crippen LogP contribution is 2.29. The highest BCUT2D eigenvalue weighted by molar-refractivity contribution is 5.94. The van der Waals surface area contributed by atoms with E-state index in [1.54, 1.807) is 30.3 Å². The minimum absolute atomic E-state index is 0.0598. The lowest BCUT2D eigenvalue weighted by atomic mass is 10.1. The van der Waals surface area contributed by atoms with E-state index in [1.165, 1.54) is 26.4 Å². The third-order valence-corrected chi connectivity index (χ3v) is 3.23. The van der Waals surface area contributed by atoms with Gasteiger partial charge in [0.15, 0.2) is 11.5 Å². The fraction of sp³-hybridized carbons (Fsp3) is 0.235. The van der Waals surface area contributed by atoms with Crippen LogP contribution in [0.15, 0.2) is 42.5 Å². The van der Waals surface area contributed by atoms with Crippen LogP contribution in [0.2, 0.25) is 0 Å². The summed E-state index contributed by atoms with van der Waals surface area (Å²) >= 11 is 0. The molecule has 2 aromatic carbocycles. The van der Waals surface area contributed by atoms with Crippen molar-refractivity contribution in [3.8, 4) is 17.2 Å². The van der Waals surface area contributed by atoms with Crippen LogP contribution in [0.3, 0.4) is 0 Å². The number of alkyl halides is 2. The molecule has 0 aromatic heterocycles. The van der Waals surface area contributed by atoms with Crippen LogP contribution in [0.5, 0.6) is 17.2 Å². The summed E-state index contributed by atoms with van der Waals surface area (Å²) in [5.74, 6) is 0.414. The number of ether oxygens (including phenoxy) is 3. The Kier molecular flexibility index (Phi) is 5.95. The predicted octanol–water partition coefficient (Wildman–Crippen LogP) is 3.24. The summed E-state index contributed by atoms with van der Waals surface area (Å²) in [6, 6.07) is 11.2. The largest absolute Gasteiger partial charge is 0.497 e. The first-order valence-electron chi connectivity index (χ1n) is 7.07. The molecule has 0 atom stereocenters. The first-order chi connectivity index (χ1) is 11.5. The lowest BCUT2D eigenvalue weighted by Crippen LogP contribution is -2.22. The molecular weight excluding hydrogens is 320 g/mol. The van der Waals surface area contributed by atoms with Crippen molar-refractivity contribution < 1.29 is 27.8 Å². The lowest BCUT2D eigenvalue weighted by molar-refractivity contribution is -0.0512. The molecule has 0 fully saturated rings. The molecule has 0 saturated carbocycles. The van der Waals surface area contributed by atoms with Crippen LogP contribution in [0.4, 0.5) is 8.78 Å². The third-order valence-electron chi connectivity index (χ3n) is 3.23. The SMILES string of the molecule is COc1cccc(C(=O)NCc2ccc(OC(F)F)c(OC)c2)c1. The van der Waals surface area contributed by atoms with Crippen LogP contribution in [-0.4, -0.2) is 26.7 Å². The smallest absolute Gasteiger partial charge is 0.387 e. The maximum atomic E-state index is 12.3. The monoisotopic (exact) mass is 337 g/mol. The topological polar surface area (TPSA) is 56.8 Å². The van der Waals surface area contributed by atoms with E-state index in [0.29, 0.717) is 16.9 Å². The Bertz CT molecular complexity index is 707. The van der Waals surface area contributed by atoms with Crippen molar-refractivity contribution in [1.29, 1.82) is 0 Å². The van der Waals surface area contributed by atoms with Crippen LogP contribution in [0, 0.1) is 0 Å². The number of hydrogen-bond acceptors (Lipinski definition) is 4. The van der Waals surface area contributed by atoms with Gasteiger partial charge in [0.1, 0.15) is 5.75 Å². The number of benzene rings is 2. The van der Waals surface area contributed by atoms with Gasteiger partial charge in [0.2, 0.25) is 0 Å². The summed E-state index contributed by atoms with van der Waals surface area (Å²) in [4.78, 5) is 12.1. The number of hydrogen-bond donors (Lipinski definition) is 1. The van der Waals surface area contributed by atoms with E-state index in [1.807, 2.05) is 0 Å². The van der Waals surface area contributed by atoms with Crippen molar-refractivity contribution in [3.05, 3.63) is 53.6 Å². The quantitative estimate of drug-likeness (QED) is 0.843. The maximum absolute atomic E-state index is 12.3. The number of rotatable bonds is 7. The molecule has 1 amide bonds. The van der Waals surface area contributed by atoms with Crippen LogP contribution >= 0.6 is 0 Å². The molecule has 5 nitrogen and oxygen atoms in total. The van der Waals surface area contributed by atoms with E-state index in [2.05, 4.69) is 10.1 Å². The zero-order chi connectivity index (χ0) is 17.5. The molecule has 128 valence electrons. The summed E-state index contributed by atoms with van der Waals surface area (Å²) in [6.07, 6.45) is 0. The van der Waals surface area contributed by atoms with Gasteiger partial charge >= 0.3 is 6.61 Å². The molecule has 2 rings (SSSR count). The molecule has 0 saturated heterocycles. The van der Waals surface area contributed by atoms with Crippen molar-refractivity contribution in [3.63, 3.8) is 0 Å². The molecule has 0 aliphatic carbocycles. The maximum Gasteiger partial charge on any atom is 0.387 e. The average Bonchev–Trinajstić information content (AvgIpc) is 2.60. The van der Waals surface area contributed by atoms with E-state index in [4.69, 9.17) is 9.47 Å². The van der Waals surface area contributed by atoms with Gasteiger partial charge < -0.3 is 19.5 Å². The van der Waals surface area contributed by atoms with Crippen molar-refractivity contribution in [2.75, 3.05) is 14.2 Å². The second-order valence-electron chi connectivity index (χ2n) is 4.78. The molecule has 2 aromatic rings. The Balaban J connectivity index is 2.04. The number of carbonyl (C=O) groups excluding carboxylic acids is 1. The summed E-state index contributed by atoms with van der Waals surface area (Å²) in [5, 5.41) is 2.74. The van der Waals surface area contributed by atoms with E-state index in [9.17, 15) is 13.6 Å². The first-order valence-corrected chi connectivity index (χ1v) is 7.07. The van der Waals surface area contributed by atoms with Crippen molar-refractivity contribution in [1.82, 2.24) is 5.32 Å². The fourth-order valence-corrected chi connectivity index (χ4v) is 2.06. The zero-order valence-corrected chi connectivity index (χ0v) is 13.2. The van der Waals surface area contributed by atoms with Crippen LogP contribution in [0.1, 0.15) is 15.9 Å². The van der Waals surface area contributed by atoms with Gasteiger partial charge in [-0.25, -0.2) is 0 Å². The Morgan fingerprint density at radius 1 is 1.08 bits per heavy atom. The summed E-state index contributed by atoms with van der Waals surface area (Å²) in [5.41, 5.74) is 1.14. The van der Waals surface area contributed by atoms with Gasteiger partial charge in [0, 0.05) is 12.1 Å². The number of methoxy groups -OCH3 is 2. The average molecular weight is 337 g/mol.